The van der Waals surface area contributed by atoms with Crippen LogP contribution in [0.25, 0.3) is 0 Å². The van der Waals surface area contributed by atoms with Crippen molar-refractivity contribution in [3.05, 3.63) is 29.8 Å². The normalized spacial score (nSPS) is 25.8. The molecule has 1 saturated heterocycles. The number of esters is 1. The van der Waals surface area contributed by atoms with Gasteiger partial charge in [0.25, 0.3) is 0 Å². The Labute approximate surface area is 196 Å². The van der Waals surface area contributed by atoms with Gasteiger partial charge in [0.1, 0.15) is 19.3 Å². The van der Waals surface area contributed by atoms with Gasteiger partial charge in [0.15, 0.2) is 11.5 Å². The van der Waals surface area contributed by atoms with Gasteiger partial charge in [0.2, 0.25) is 11.7 Å². The third kappa shape index (κ3) is 5.12. The van der Waals surface area contributed by atoms with Crippen molar-refractivity contribution < 1.29 is 28.5 Å². The molecule has 1 aromatic rings. The minimum atomic E-state index is -0.532. The predicted molar refractivity (Wildman–Crippen MR) is 124 cm³/mol. The summed E-state index contributed by atoms with van der Waals surface area (Å²) < 4.78 is 22.8. The van der Waals surface area contributed by atoms with Crippen LogP contribution in [-0.4, -0.2) is 56.8 Å². The maximum Gasteiger partial charge on any atom is 0.329 e. The Hall–Kier alpha value is -2.70. The predicted octanol–water partition coefficient (Wildman–Crippen LogP) is 4.24. The molecule has 7 heteroatoms. The van der Waals surface area contributed by atoms with Crippen molar-refractivity contribution in [1.82, 2.24) is 4.90 Å². The zero-order valence-corrected chi connectivity index (χ0v) is 19.7. The second-order valence-corrected chi connectivity index (χ2v) is 9.09. The summed E-state index contributed by atoms with van der Waals surface area (Å²) in [6, 6.07) is 3.29. The molecule has 2 bridgehead atoms. The van der Waals surface area contributed by atoms with Crippen LogP contribution in [0.3, 0.4) is 0 Å². The minimum absolute atomic E-state index is 0.00624. The molecule has 0 radical (unpaired) electrons. The zero-order chi connectivity index (χ0) is 23.2. The monoisotopic (exact) mass is 457 g/mol. The number of hydrogen-bond donors (Lipinski definition) is 0. The van der Waals surface area contributed by atoms with Gasteiger partial charge < -0.3 is 23.8 Å². The molecule has 3 heterocycles. The minimum Gasteiger partial charge on any atom is -0.493 e. The molecular formula is C26H35NO6. The molecule has 0 N–H and O–H groups in total. The number of amides is 1. The van der Waals surface area contributed by atoms with Gasteiger partial charge >= 0.3 is 5.97 Å². The lowest BCUT2D eigenvalue weighted by atomic mass is 9.75. The number of ether oxygens (including phenoxy) is 4. The van der Waals surface area contributed by atoms with Crippen LogP contribution in [0.15, 0.2) is 24.3 Å². The average molecular weight is 458 g/mol. The first kappa shape index (κ1) is 23.5. The van der Waals surface area contributed by atoms with E-state index in [1.165, 1.54) is 6.42 Å². The lowest BCUT2D eigenvalue weighted by Gasteiger charge is -2.39. The Morgan fingerprint density at radius 3 is 2.15 bits per heavy atom. The third-order valence-corrected chi connectivity index (χ3v) is 7.10. The number of nitrogens with zero attached hydrogens (tertiary/aromatic N) is 1. The standard InChI is InChI=1S/C26H35NO6/c1-30-21-16-19-17-22(31-2)24(21)32-14-8-9-15-33-26(29)20-12-6-7-13-27(20)25(28)23(19)18-10-4-3-5-11-18/h8-9,16-18,20,23H,3-7,10-15H2,1-2H3/b9-8+/t20-,23-/m0/s1. The van der Waals surface area contributed by atoms with E-state index in [4.69, 9.17) is 18.9 Å². The molecule has 0 unspecified atom stereocenters. The summed E-state index contributed by atoms with van der Waals surface area (Å²) in [6.45, 7) is 1.01. The fourth-order valence-electron chi connectivity index (χ4n) is 5.42. The summed E-state index contributed by atoms with van der Waals surface area (Å²) >= 11 is 0. The van der Waals surface area contributed by atoms with E-state index >= 15 is 0 Å². The lowest BCUT2D eigenvalue weighted by molar-refractivity contribution is -0.157. The van der Waals surface area contributed by atoms with Gasteiger partial charge in [-0.25, -0.2) is 4.79 Å². The third-order valence-electron chi connectivity index (χ3n) is 7.10. The summed E-state index contributed by atoms with van der Waals surface area (Å²) in [5.41, 5.74) is 0.857. The highest BCUT2D eigenvalue weighted by Gasteiger charge is 2.40. The van der Waals surface area contributed by atoms with Gasteiger partial charge in [0.05, 0.1) is 20.1 Å². The van der Waals surface area contributed by atoms with Crippen molar-refractivity contribution in [1.29, 1.82) is 0 Å². The van der Waals surface area contributed by atoms with E-state index < -0.39 is 6.04 Å². The topological polar surface area (TPSA) is 74.3 Å². The molecule has 1 aromatic carbocycles. The van der Waals surface area contributed by atoms with Gasteiger partial charge in [-0.2, -0.15) is 0 Å². The van der Waals surface area contributed by atoms with Crippen LogP contribution >= 0.6 is 0 Å². The summed E-state index contributed by atoms with van der Waals surface area (Å²) in [6.07, 6.45) is 11.4. The Bertz CT molecular complexity index is 851. The summed E-state index contributed by atoms with van der Waals surface area (Å²) in [5, 5.41) is 0. The molecule has 3 aliphatic heterocycles. The zero-order valence-electron chi connectivity index (χ0n) is 19.7. The molecule has 5 rings (SSSR count). The Kier molecular flexibility index (Phi) is 7.78. The Balaban J connectivity index is 1.82. The van der Waals surface area contributed by atoms with Crippen LogP contribution < -0.4 is 14.2 Å². The molecular weight excluding hydrogens is 422 g/mol. The number of piperidine rings is 1. The molecule has 2 fully saturated rings. The molecule has 4 aliphatic rings. The van der Waals surface area contributed by atoms with Crippen LogP contribution in [0.1, 0.15) is 62.8 Å². The van der Waals surface area contributed by atoms with E-state index in [9.17, 15) is 9.59 Å². The van der Waals surface area contributed by atoms with Crippen molar-refractivity contribution in [3.8, 4) is 17.2 Å². The number of carbonyl (C=O) groups is 2. The van der Waals surface area contributed by atoms with Crippen molar-refractivity contribution >= 4 is 11.9 Å². The first-order valence-corrected chi connectivity index (χ1v) is 12.1. The van der Waals surface area contributed by atoms with Gasteiger partial charge in [-0.05, 0) is 67.9 Å². The Morgan fingerprint density at radius 2 is 1.48 bits per heavy atom. The van der Waals surface area contributed by atoms with Crippen LogP contribution in [0.4, 0.5) is 0 Å². The maximum atomic E-state index is 14.1. The van der Waals surface area contributed by atoms with E-state index in [0.29, 0.717) is 30.2 Å². The first-order chi connectivity index (χ1) is 16.1. The van der Waals surface area contributed by atoms with Crippen molar-refractivity contribution in [2.45, 2.75) is 63.3 Å². The van der Waals surface area contributed by atoms with Crippen molar-refractivity contribution in [3.63, 3.8) is 0 Å². The van der Waals surface area contributed by atoms with Crippen LogP contribution in [0.5, 0.6) is 17.2 Å². The highest BCUT2D eigenvalue weighted by atomic mass is 16.5. The van der Waals surface area contributed by atoms with E-state index in [1.54, 1.807) is 31.3 Å². The second-order valence-electron chi connectivity index (χ2n) is 9.09. The highest BCUT2D eigenvalue weighted by Crippen LogP contribution is 2.45. The molecule has 180 valence electrons. The van der Waals surface area contributed by atoms with E-state index in [2.05, 4.69) is 0 Å². The SMILES string of the molecule is COc1cc2cc(OC)c1OC/C=C/COC(=O)[C@@H]1CCCCN1C(=O)[C@H]2C1CCCCC1. The molecule has 0 spiro atoms. The maximum absolute atomic E-state index is 14.1. The summed E-state index contributed by atoms with van der Waals surface area (Å²) in [7, 11) is 3.19. The molecule has 1 aliphatic carbocycles. The number of benzene rings is 1. The molecule has 2 atom stereocenters. The molecule has 33 heavy (non-hydrogen) atoms. The van der Waals surface area contributed by atoms with Gasteiger partial charge in [-0.15, -0.1) is 0 Å². The number of carbonyl (C=O) groups excluding carboxylic acids is 2. The van der Waals surface area contributed by atoms with Crippen LogP contribution in [0, 0.1) is 5.92 Å². The number of hydrogen-bond acceptors (Lipinski definition) is 6. The van der Waals surface area contributed by atoms with E-state index in [0.717, 1.165) is 44.1 Å². The lowest BCUT2D eigenvalue weighted by Crippen LogP contribution is -2.51. The van der Waals surface area contributed by atoms with Crippen molar-refractivity contribution in [2.75, 3.05) is 34.0 Å². The van der Waals surface area contributed by atoms with Gasteiger partial charge in [-0.3, -0.25) is 4.79 Å². The van der Waals surface area contributed by atoms with Gasteiger partial charge in [-0.1, -0.05) is 19.3 Å². The molecule has 7 nitrogen and oxygen atoms in total. The van der Waals surface area contributed by atoms with E-state index in [-0.39, 0.29) is 36.9 Å². The quantitative estimate of drug-likeness (QED) is 0.499. The summed E-state index contributed by atoms with van der Waals surface area (Å²) in [4.78, 5) is 28.8. The molecule has 1 saturated carbocycles. The fraction of sp³-hybridized carbons (Fsp3) is 0.615. The number of methoxy groups -OCH3 is 2. The average Bonchev–Trinajstić information content (AvgIpc) is 2.86. The molecule has 0 aromatic heterocycles. The molecule has 1 amide bonds. The van der Waals surface area contributed by atoms with Crippen LogP contribution in [-0.2, 0) is 14.3 Å². The van der Waals surface area contributed by atoms with Gasteiger partial charge in [0, 0.05) is 6.54 Å². The smallest absolute Gasteiger partial charge is 0.329 e. The Morgan fingerprint density at radius 1 is 0.848 bits per heavy atom. The first-order valence-electron chi connectivity index (χ1n) is 12.1. The summed E-state index contributed by atoms with van der Waals surface area (Å²) in [5.74, 6) is 1.13. The second kappa shape index (κ2) is 10.9. The fourth-order valence-corrected chi connectivity index (χ4v) is 5.42. The van der Waals surface area contributed by atoms with Crippen LogP contribution in [0.2, 0.25) is 0 Å². The number of fused-ring (bicyclic) bond motifs is 8. The van der Waals surface area contributed by atoms with E-state index in [1.807, 2.05) is 12.1 Å². The van der Waals surface area contributed by atoms with Crippen molar-refractivity contribution in [2.24, 2.45) is 5.92 Å². The largest absolute Gasteiger partial charge is 0.493 e. The highest BCUT2D eigenvalue weighted by molar-refractivity contribution is 5.89. The number of rotatable bonds is 3.